The molecular formula is C18H24N4O3S. The Morgan fingerprint density at radius 2 is 1.96 bits per heavy atom. The minimum absolute atomic E-state index is 0.0415. The maximum atomic E-state index is 12.2. The first-order chi connectivity index (χ1) is 11.9. The minimum atomic E-state index is -0.364. The second-order valence-electron chi connectivity index (χ2n) is 6.98. The number of thioether (sulfide) groups is 1. The van der Waals surface area contributed by atoms with E-state index in [4.69, 9.17) is 0 Å². The van der Waals surface area contributed by atoms with Crippen LogP contribution < -0.4 is 5.32 Å². The van der Waals surface area contributed by atoms with Crippen LogP contribution in [0.4, 0.5) is 0 Å². The first-order valence-corrected chi connectivity index (χ1v) is 9.03. The van der Waals surface area contributed by atoms with E-state index >= 15 is 0 Å². The lowest BCUT2D eigenvalue weighted by Gasteiger charge is -2.23. The zero-order valence-electron chi connectivity index (χ0n) is 16.0. The molecule has 1 heterocycles. The third-order valence-electron chi connectivity index (χ3n) is 3.33. The van der Waals surface area contributed by atoms with Crippen molar-refractivity contribution in [2.75, 3.05) is 19.3 Å². The number of nitriles is 1. The van der Waals surface area contributed by atoms with Crippen molar-refractivity contribution >= 4 is 29.4 Å². The number of nitrogens with zero attached hydrogens (tertiary/aromatic N) is 3. The van der Waals surface area contributed by atoms with E-state index in [2.05, 4.69) is 10.3 Å². The lowest BCUT2D eigenvalue weighted by molar-refractivity contribution is -0.133. The monoisotopic (exact) mass is 376 g/mol. The average Bonchev–Trinajstić information content (AvgIpc) is 2.50. The summed E-state index contributed by atoms with van der Waals surface area (Å²) in [6.07, 6.45) is 0. The van der Waals surface area contributed by atoms with Crippen molar-refractivity contribution in [2.24, 2.45) is 0 Å². The lowest BCUT2D eigenvalue weighted by atomic mass is 10.1. The van der Waals surface area contributed by atoms with Crippen LogP contribution in [-0.2, 0) is 9.59 Å². The molecule has 0 bridgehead atoms. The zero-order valence-corrected chi connectivity index (χ0v) is 16.8. The highest BCUT2D eigenvalue weighted by molar-refractivity contribution is 8.00. The smallest absolute Gasteiger partial charge is 0.240 e. The molecule has 0 aliphatic carbocycles. The fourth-order valence-corrected chi connectivity index (χ4v) is 3.07. The van der Waals surface area contributed by atoms with Crippen LogP contribution in [0.5, 0.6) is 0 Å². The van der Waals surface area contributed by atoms with Gasteiger partial charge in [-0.05, 0) is 40.7 Å². The summed E-state index contributed by atoms with van der Waals surface area (Å²) in [4.78, 5) is 41.3. The molecule has 7 nitrogen and oxygen atoms in total. The molecule has 0 saturated carbocycles. The van der Waals surface area contributed by atoms with Gasteiger partial charge in [0.05, 0.1) is 17.9 Å². The van der Waals surface area contributed by atoms with Crippen molar-refractivity contribution in [1.82, 2.24) is 15.2 Å². The van der Waals surface area contributed by atoms with Gasteiger partial charge in [-0.1, -0.05) is 11.8 Å². The highest BCUT2D eigenvalue weighted by Gasteiger charge is 2.19. The number of aryl methyl sites for hydroxylation is 1. The molecule has 0 unspecified atom stereocenters. The Morgan fingerprint density at radius 3 is 2.46 bits per heavy atom. The van der Waals surface area contributed by atoms with E-state index in [1.54, 1.807) is 14.0 Å². The number of ketones is 1. The van der Waals surface area contributed by atoms with Crippen LogP contribution >= 0.6 is 11.8 Å². The third-order valence-corrected chi connectivity index (χ3v) is 4.31. The van der Waals surface area contributed by atoms with Crippen LogP contribution in [0.15, 0.2) is 11.1 Å². The molecule has 2 amide bonds. The van der Waals surface area contributed by atoms with Crippen molar-refractivity contribution in [3.05, 3.63) is 22.9 Å². The number of hydrogen-bond acceptors (Lipinski definition) is 6. The molecular weight excluding hydrogens is 352 g/mol. The molecule has 1 N–H and O–H groups in total. The lowest BCUT2D eigenvalue weighted by Crippen LogP contribution is -2.46. The molecule has 0 atom stereocenters. The number of pyridine rings is 1. The van der Waals surface area contributed by atoms with E-state index in [-0.39, 0.29) is 41.0 Å². The fraction of sp³-hybridized carbons (Fsp3) is 0.500. The fourth-order valence-electron chi connectivity index (χ4n) is 2.13. The van der Waals surface area contributed by atoms with Crippen LogP contribution in [0.2, 0.25) is 0 Å². The van der Waals surface area contributed by atoms with Crippen molar-refractivity contribution in [1.29, 1.82) is 5.26 Å². The molecule has 8 heteroatoms. The summed E-state index contributed by atoms with van der Waals surface area (Å²) >= 11 is 1.12. The van der Waals surface area contributed by atoms with Gasteiger partial charge in [-0.2, -0.15) is 5.26 Å². The summed E-state index contributed by atoms with van der Waals surface area (Å²) < 4.78 is 0. The van der Waals surface area contributed by atoms with Gasteiger partial charge in [0.15, 0.2) is 5.78 Å². The summed E-state index contributed by atoms with van der Waals surface area (Å²) in [5.41, 5.74) is 0.807. The molecule has 0 radical (unpaired) electrons. The first-order valence-electron chi connectivity index (χ1n) is 8.05. The van der Waals surface area contributed by atoms with Crippen molar-refractivity contribution in [2.45, 2.75) is 45.2 Å². The summed E-state index contributed by atoms with van der Waals surface area (Å²) in [6.45, 7) is 8.66. The number of nitrogens with one attached hydrogen (secondary N) is 1. The Hall–Kier alpha value is -2.40. The predicted octanol–water partition coefficient (Wildman–Crippen LogP) is 1.93. The molecule has 26 heavy (non-hydrogen) atoms. The highest BCUT2D eigenvalue weighted by Crippen LogP contribution is 2.23. The Labute approximate surface area is 158 Å². The van der Waals surface area contributed by atoms with Gasteiger partial charge in [0.2, 0.25) is 11.8 Å². The van der Waals surface area contributed by atoms with E-state index in [1.165, 1.54) is 17.9 Å². The number of hydrogen-bond donors (Lipinski definition) is 1. The summed E-state index contributed by atoms with van der Waals surface area (Å²) in [7, 11) is 1.55. The first kappa shape index (κ1) is 21.6. The Kier molecular flexibility index (Phi) is 7.33. The predicted molar refractivity (Wildman–Crippen MR) is 100.0 cm³/mol. The molecule has 0 aliphatic rings. The molecule has 1 aromatic rings. The minimum Gasteiger partial charge on any atom is -0.350 e. The molecule has 0 aliphatic heterocycles. The third kappa shape index (κ3) is 6.48. The number of Topliss-reactive ketones (excluding diaryl/α,β-unsaturated/α-hetero) is 1. The van der Waals surface area contributed by atoms with E-state index in [1.807, 2.05) is 26.8 Å². The Morgan fingerprint density at radius 1 is 1.35 bits per heavy atom. The van der Waals surface area contributed by atoms with Crippen molar-refractivity contribution in [3.8, 4) is 6.07 Å². The molecule has 140 valence electrons. The normalized spacial score (nSPS) is 10.8. The van der Waals surface area contributed by atoms with Crippen molar-refractivity contribution < 1.29 is 14.4 Å². The number of amides is 2. The summed E-state index contributed by atoms with van der Waals surface area (Å²) in [5, 5.41) is 12.4. The Bertz CT molecular complexity index is 763. The quantitative estimate of drug-likeness (QED) is 0.601. The standard InChI is InChI=1S/C18H24N4O3S/c1-11-14(12(2)23)7-13(8-19)17(20-11)26-10-16(25)22(6)9-15(24)21-18(3,4)5/h7H,9-10H2,1-6H3,(H,21,24). The largest absolute Gasteiger partial charge is 0.350 e. The van der Waals surface area contributed by atoms with Gasteiger partial charge in [0.25, 0.3) is 0 Å². The number of carbonyl (C=O) groups excluding carboxylic acids is 3. The van der Waals surface area contributed by atoms with Gasteiger partial charge >= 0.3 is 0 Å². The number of carbonyl (C=O) groups is 3. The van der Waals surface area contributed by atoms with Gasteiger partial charge < -0.3 is 10.2 Å². The number of rotatable bonds is 6. The topological polar surface area (TPSA) is 103 Å². The van der Waals surface area contributed by atoms with E-state index in [9.17, 15) is 19.6 Å². The molecule has 1 aromatic heterocycles. The van der Waals surface area contributed by atoms with Crippen LogP contribution in [0.3, 0.4) is 0 Å². The maximum Gasteiger partial charge on any atom is 0.240 e. The van der Waals surface area contributed by atoms with Gasteiger partial charge in [0, 0.05) is 23.8 Å². The van der Waals surface area contributed by atoms with Crippen LogP contribution in [0.25, 0.3) is 0 Å². The summed E-state index contributed by atoms with van der Waals surface area (Å²) in [5.74, 6) is -0.613. The summed E-state index contributed by atoms with van der Waals surface area (Å²) in [6, 6.07) is 3.50. The average molecular weight is 376 g/mol. The zero-order chi connectivity index (χ0) is 20.1. The Balaban J connectivity index is 2.75. The van der Waals surface area contributed by atoms with E-state index < -0.39 is 0 Å². The second-order valence-corrected chi connectivity index (χ2v) is 7.94. The molecule has 0 spiro atoms. The maximum absolute atomic E-state index is 12.2. The number of aromatic nitrogens is 1. The molecule has 0 fully saturated rings. The molecule has 0 saturated heterocycles. The van der Waals surface area contributed by atoms with Gasteiger partial charge in [-0.25, -0.2) is 4.98 Å². The van der Waals surface area contributed by atoms with Crippen LogP contribution in [0.1, 0.15) is 49.3 Å². The SMILES string of the molecule is CC(=O)c1cc(C#N)c(SCC(=O)N(C)CC(=O)NC(C)(C)C)nc1C. The molecule has 1 rings (SSSR count). The highest BCUT2D eigenvalue weighted by atomic mass is 32.2. The van der Waals surface area contributed by atoms with Gasteiger partial charge in [-0.3, -0.25) is 14.4 Å². The van der Waals surface area contributed by atoms with Gasteiger partial charge in [0.1, 0.15) is 11.1 Å². The van der Waals surface area contributed by atoms with Crippen LogP contribution in [-0.4, -0.2) is 52.4 Å². The van der Waals surface area contributed by atoms with E-state index in [0.29, 0.717) is 16.3 Å². The van der Waals surface area contributed by atoms with Gasteiger partial charge in [-0.15, -0.1) is 0 Å². The molecule has 0 aromatic carbocycles. The number of likely N-dealkylation sites (N-methyl/N-ethyl adjacent to an activating group) is 1. The van der Waals surface area contributed by atoms with Crippen LogP contribution in [0, 0.1) is 18.3 Å². The second kappa shape index (κ2) is 8.81. The van der Waals surface area contributed by atoms with Crippen molar-refractivity contribution in [3.63, 3.8) is 0 Å². The van der Waals surface area contributed by atoms with E-state index in [0.717, 1.165) is 11.8 Å².